The average Bonchev–Trinajstić information content (AvgIpc) is 3.05. The van der Waals surface area contributed by atoms with E-state index in [1.807, 2.05) is 74.5 Å². The van der Waals surface area contributed by atoms with Gasteiger partial charge in [0.2, 0.25) is 0 Å². The Bertz CT molecular complexity index is 701. The summed E-state index contributed by atoms with van der Waals surface area (Å²) in [5, 5.41) is 10.4. The fraction of sp³-hybridized carbons (Fsp3) is 0.478. The van der Waals surface area contributed by atoms with Gasteiger partial charge in [0.25, 0.3) is 0 Å². The molecule has 2 aromatic carbocycles. The van der Waals surface area contributed by atoms with Gasteiger partial charge in [-0.2, -0.15) is 0 Å². The Kier molecular flexibility index (Phi) is 7.21. The third-order valence-corrected chi connectivity index (χ3v) is 4.77. The van der Waals surface area contributed by atoms with Gasteiger partial charge in [0.15, 0.2) is 5.79 Å². The highest BCUT2D eigenvalue weighted by atomic mass is 16.8. The summed E-state index contributed by atoms with van der Waals surface area (Å²) < 4.78 is 24.1. The van der Waals surface area contributed by atoms with Crippen LogP contribution in [0.15, 0.2) is 60.7 Å². The van der Waals surface area contributed by atoms with Crippen molar-refractivity contribution in [1.29, 1.82) is 0 Å². The molecule has 0 radical (unpaired) electrons. The van der Waals surface area contributed by atoms with Crippen LogP contribution >= 0.6 is 0 Å². The number of hydrogen-bond donors (Lipinski definition) is 1. The smallest absolute Gasteiger partial charge is 0.163 e. The van der Waals surface area contributed by atoms with E-state index in [0.29, 0.717) is 19.8 Å². The lowest BCUT2D eigenvalue weighted by molar-refractivity contribution is -0.192. The maximum Gasteiger partial charge on any atom is 0.163 e. The lowest BCUT2D eigenvalue weighted by Crippen LogP contribution is -2.48. The third kappa shape index (κ3) is 5.87. The van der Waals surface area contributed by atoms with Gasteiger partial charge < -0.3 is 24.1 Å². The zero-order chi connectivity index (χ0) is 20.0. The van der Waals surface area contributed by atoms with E-state index >= 15 is 0 Å². The molecule has 0 spiro atoms. The number of benzene rings is 2. The molecule has 28 heavy (non-hydrogen) atoms. The molecule has 5 nitrogen and oxygen atoms in total. The number of ether oxygens (including phenoxy) is 4. The third-order valence-electron chi connectivity index (χ3n) is 4.77. The van der Waals surface area contributed by atoms with Gasteiger partial charge in [-0.05, 0) is 31.9 Å². The van der Waals surface area contributed by atoms with E-state index in [9.17, 15) is 5.11 Å². The zero-order valence-corrected chi connectivity index (χ0v) is 16.8. The first-order chi connectivity index (χ1) is 13.4. The highest BCUT2D eigenvalue weighted by molar-refractivity contribution is 5.14. The second kappa shape index (κ2) is 9.63. The first kappa shape index (κ1) is 21.0. The van der Waals surface area contributed by atoms with Gasteiger partial charge >= 0.3 is 0 Å². The molecule has 1 saturated heterocycles. The van der Waals surface area contributed by atoms with Crippen LogP contribution in [-0.2, 0) is 32.2 Å². The Morgan fingerprint density at radius 3 is 1.96 bits per heavy atom. The van der Waals surface area contributed by atoms with Gasteiger partial charge in [-0.3, -0.25) is 0 Å². The molecule has 152 valence electrons. The number of aliphatic hydroxyl groups is 1. The van der Waals surface area contributed by atoms with Crippen molar-refractivity contribution in [3.63, 3.8) is 0 Å². The summed E-state index contributed by atoms with van der Waals surface area (Å²) in [5.74, 6) is -0.679. The molecule has 4 atom stereocenters. The van der Waals surface area contributed by atoms with E-state index in [0.717, 1.165) is 11.1 Å². The quantitative estimate of drug-likeness (QED) is 0.712. The van der Waals surface area contributed by atoms with Crippen LogP contribution in [0.25, 0.3) is 0 Å². The molecular formula is C23H30O5. The largest absolute Gasteiger partial charge is 0.391 e. The SMILES string of the molecule is C[C@@H](O)[C@@H](OCc1ccccc1)[C@H](OCc1ccccc1)[C@H]1COC(C)(C)O1. The predicted molar refractivity (Wildman–Crippen MR) is 107 cm³/mol. The van der Waals surface area contributed by atoms with Gasteiger partial charge in [-0.15, -0.1) is 0 Å². The van der Waals surface area contributed by atoms with Crippen molar-refractivity contribution in [1.82, 2.24) is 0 Å². The summed E-state index contributed by atoms with van der Waals surface area (Å²) in [6.07, 6.45) is -2.07. The van der Waals surface area contributed by atoms with Crippen LogP contribution < -0.4 is 0 Å². The molecule has 1 heterocycles. The van der Waals surface area contributed by atoms with Crippen LogP contribution in [0.1, 0.15) is 31.9 Å². The Morgan fingerprint density at radius 2 is 1.50 bits per heavy atom. The molecule has 5 heteroatoms. The maximum atomic E-state index is 10.4. The molecule has 0 bridgehead atoms. The van der Waals surface area contributed by atoms with Crippen molar-refractivity contribution in [2.24, 2.45) is 0 Å². The van der Waals surface area contributed by atoms with E-state index in [1.54, 1.807) is 6.92 Å². The van der Waals surface area contributed by atoms with E-state index in [-0.39, 0.29) is 6.10 Å². The molecular weight excluding hydrogens is 356 g/mol. The Hall–Kier alpha value is -1.76. The second-order valence-electron chi connectivity index (χ2n) is 7.63. The van der Waals surface area contributed by atoms with Gasteiger partial charge in [0.1, 0.15) is 18.3 Å². The zero-order valence-electron chi connectivity index (χ0n) is 16.8. The van der Waals surface area contributed by atoms with Gasteiger partial charge in [0.05, 0.1) is 25.9 Å². The van der Waals surface area contributed by atoms with Crippen molar-refractivity contribution in [2.75, 3.05) is 6.61 Å². The molecule has 3 rings (SSSR count). The molecule has 0 unspecified atom stereocenters. The topological polar surface area (TPSA) is 57.2 Å². The summed E-state index contributed by atoms with van der Waals surface area (Å²) in [6.45, 7) is 6.66. The fourth-order valence-electron chi connectivity index (χ4n) is 3.33. The normalized spacial score (nSPS) is 21.9. The summed E-state index contributed by atoms with van der Waals surface area (Å²) >= 11 is 0. The van der Waals surface area contributed by atoms with Crippen molar-refractivity contribution in [3.8, 4) is 0 Å². The van der Waals surface area contributed by atoms with Crippen molar-refractivity contribution >= 4 is 0 Å². The molecule has 1 N–H and O–H groups in total. The molecule has 1 aliphatic rings. The molecule has 0 aliphatic carbocycles. The number of rotatable bonds is 9. The average molecular weight is 386 g/mol. The van der Waals surface area contributed by atoms with Crippen LogP contribution in [0.4, 0.5) is 0 Å². The molecule has 1 fully saturated rings. The summed E-state index contributed by atoms with van der Waals surface area (Å²) in [7, 11) is 0. The number of hydrogen-bond acceptors (Lipinski definition) is 5. The summed E-state index contributed by atoms with van der Waals surface area (Å²) in [5.41, 5.74) is 2.09. The summed E-state index contributed by atoms with van der Waals surface area (Å²) in [4.78, 5) is 0. The lowest BCUT2D eigenvalue weighted by Gasteiger charge is -2.33. The van der Waals surface area contributed by atoms with E-state index in [2.05, 4.69) is 0 Å². The van der Waals surface area contributed by atoms with Crippen molar-refractivity contribution < 1.29 is 24.1 Å². The van der Waals surface area contributed by atoms with Crippen LogP contribution in [0.2, 0.25) is 0 Å². The Morgan fingerprint density at radius 1 is 0.964 bits per heavy atom. The minimum absolute atomic E-state index is 0.325. The van der Waals surface area contributed by atoms with Gasteiger partial charge in [0, 0.05) is 0 Å². The van der Waals surface area contributed by atoms with E-state index < -0.39 is 24.1 Å². The second-order valence-corrected chi connectivity index (χ2v) is 7.63. The maximum absolute atomic E-state index is 10.4. The minimum Gasteiger partial charge on any atom is -0.391 e. The fourth-order valence-corrected chi connectivity index (χ4v) is 3.33. The number of aliphatic hydroxyl groups excluding tert-OH is 1. The first-order valence-corrected chi connectivity index (χ1v) is 9.75. The predicted octanol–water partition coefficient (Wildman–Crippen LogP) is 3.69. The first-order valence-electron chi connectivity index (χ1n) is 9.75. The highest BCUT2D eigenvalue weighted by Gasteiger charge is 2.43. The molecule has 2 aromatic rings. The van der Waals surface area contributed by atoms with Crippen LogP contribution in [-0.4, -0.2) is 41.9 Å². The van der Waals surface area contributed by atoms with Gasteiger partial charge in [-0.1, -0.05) is 60.7 Å². The van der Waals surface area contributed by atoms with E-state index in [4.69, 9.17) is 18.9 Å². The Balaban J connectivity index is 1.73. The lowest BCUT2D eigenvalue weighted by atomic mass is 10.0. The van der Waals surface area contributed by atoms with Crippen LogP contribution in [0.5, 0.6) is 0 Å². The highest BCUT2D eigenvalue weighted by Crippen LogP contribution is 2.29. The monoisotopic (exact) mass is 386 g/mol. The molecule has 0 aromatic heterocycles. The van der Waals surface area contributed by atoms with E-state index in [1.165, 1.54) is 0 Å². The van der Waals surface area contributed by atoms with Crippen molar-refractivity contribution in [2.45, 2.75) is 64.2 Å². The molecule has 1 aliphatic heterocycles. The molecule has 0 amide bonds. The van der Waals surface area contributed by atoms with Crippen LogP contribution in [0.3, 0.4) is 0 Å². The summed E-state index contributed by atoms with van der Waals surface area (Å²) in [6, 6.07) is 19.8. The standard InChI is InChI=1S/C23H30O5/c1-17(24)21(25-14-18-10-6-4-7-11-18)22(20-16-27-23(2,3)28-20)26-15-19-12-8-5-9-13-19/h4-13,17,20-22,24H,14-16H2,1-3H3/t17-,20-,21-,22-/m1/s1. The van der Waals surface area contributed by atoms with Gasteiger partial charge in [-0.25, -0.2) is 0 Å². The molecule has 0 saturated carbocycles. The Labute approximate surface area is 167 Å². The van der Waals surface area contributed by atoms with Crippen LogP contribution in [0, 0.1) is 0 Å². The van der Waals surface area contributed by atoms with Crippen molar-refractivity contribution in [3.05, 3.63) is 71.8 Å². The minimum atomic E-state index is -0.725.